The number of nitrogens with one attached hydrogen (secondary N) is 1. The monoisotopic (exact) mass is 694 g/mol. The second kappa shape index (κ2) is 38.0. The van der Waals surface area contributed by atoms with Crippen molar-refractivity contribution < 1.29 is 25.2 Å². The molecule has 0 bridgehead atoms. The SMILES string of the molecule is CCCCCCCCCCC/C=C\C/C=C\CCCCCCCCCCCCCCCCC(O)C(=O)NC(CO)C(O)C(O)CCCCC. The Morgan fingerprint density at radius 2 is 0.878 bits per heavy atom. The zero-order valence-corrected chi connectivity index (χ0v) is 32.4. The first-order valence-corrected chi connectivity index (χ1v) is 21.2. The number of carbonyl (C=O) groups excluding carboxylic acids is 1. The van der Waals surface area contributed by atoms with Gasteiger partial charge in [0.2, 0.25) is 5.91 Å². The summed E-state index contributed by atoms with van der Waals surface area (Å²) in [5.41, 5.74) is 0. The van der Waals surface area contributed by atoms with E-state index in [0.717, 1.165) is 44.9 Å². The Labute approximate surface area is 304 Å². The fraction of sp³-hybridized carbons (Fsp3) is 0.884. The molecule has 6 heteroatoms. The van der Waals surface area contributed by atoms with Gasteiger partial charge in [-0.05, 0) is 44.9 Å². The van der Waals surface area contributed by atoms with Crippen molar-refractivity contribution in [3.63, 3.8) is 0 Å². The first kappa shape index (κ1) is 47.8. The van der Waals surface area contributed by atoms with Crippen LogP contribution in [0.15, 0.2) is 24.3 Å². The summed E-state index contributed by atoms with van der Waals surface area (Å²) < 4.78 is 0. The van der Waals surface area contributed by atoms with Crippen molar-refractivity contribution in [2.24, 2.45) is 0 Å². The van der Waals surface area contributed by atoms with E-state index in [4.69, 9.17) is 0 Å². The molecule has 0 spiro atoms. The van der Waals surface area contributed by atoms with Crippen LogP contribution in [0.3, 0.4) is 0 Å². The first-order valence-electron chi connectivity index (χ1n) is 21.2. The van der Waals surface area contributed by atoms with E-state index >= 15 is 0 Å². The van der Waals surface area contributed by atoms with E-state index < -0.39 is 36.9 Å². The van der Waals surface area contributed by atoms with Gasteiger partial charge in [0.25, 0.3) is 0 Å². The lowest BCUT2D eigenvalue weighted by molar-refractivity contribution is -0.132. The Balaban J connectivity index is 3.49. The standard InChI is InChI=1S/C43H83NO5/c1-3-5-7-8-9-10-11-12-13-14-15-16-17-18-19-20-21-22-23-24-25-26-27-28-29-30-31-32-33-35-37-41(47)43(49)44-39(38-45)42(48)40(46)36-34-6-4-2/h15-16,18-19,39-42,45-48H,3-14,17,20-38H2,1-2H3,(H,44,49)/b16-15-,19-18-. The lowest BCUT2D eigenvalue weighted by Gasteiger charge is -2.27. The van der Waals surface area contributed by atoms with Crippen molar-refractivity contribution in [3.8, 4) is 0 Å². The van der Waals surface area contributed by atoms with Crippen molar-refractivity contribution >= 4 is 5.91 Å². The zero-order chi connectivity index (χ0) is 36.0. The largest absolute Gasteiger partial charge is 0.394 e. The summed E-state index contributed by atoms with van der Waals surface area (Å²) in [5, 5.41) is 42.7. The van der Waals surface area contributed by atoms with Crippen molar-refractivity contribution in [2.75, 3.05) is 6.61 Å². The molecule has 290 valence electrons. The molecule has 0 aromatic carbocycles. The molecule has 0 aromatic rings. The molecule has 0 aliphatic heterocycles. The first-order chi connectivity index (χ1) is 24.0. The minimum atomic E-state index is -1.25. The second-order valence-electron chi connectivity index (χ2n) is 14.7. The molecule has 4 unspecified atom stereocenters. The quantitative estimate of drug-likeness (QED) is 0.0327. The smallest absolute Gasteiger partial charge is 0.249 e. The van der Waals surface area contributed by atoms with Gasteiger partial charge >= 0.3 is 0 Å². The van der Waals surface area contributed by atoms with E-state index in [1.807, 2.05) is 0 Å². The summed E-state index contributed by atoms with van der Waals surface area (Å²) >= 11 is 0. The molecule has 0 saturated heterocycles. The van der Waals surface area contributed by atoms with Gasteiger partial charge in [-0.3, -0.25) is 4.79 Å². The predicted molar refractivity (Wildman–Crippen MR) is 210 cm³/mol. The number of hydrogen-bond acceptors (Lipinski definition) is 5. The fourth-order valence-corrected chi connectivity index (χ4v) is 6.49. The molecule has 0 aliphatic rings. The average molecular weight is 694 g/mol. The van der Waals surface area contributed by atoms with Crippen molar-refractivity contribution in [2.45, 2.75) is 237 Å². The minimum absolute atomic E-state index is 0.368. The fourth-order valence-electron chi connectivity index (χ4n) is 6.49. The van der Waals surface area contributed by atoms with Crippen molar-refractivity contribution in [1.82, 2.24) is 5.32 Å². The number of unbranched alkanes of at least 4 members (excludes halogenated alkanes) is 25. The van der Waals surface area contributed by atoms with Gasteiger partial charge in [0, 0.05) is 0 Å². The molecule has 0 saturated carbocycles. The number of carbonyl (C=O) groups is 1. The number of aliphatic hydroxyl groups excluding tert-OH is 4. The third kappa shape index (κ3) is 32.4. The minimum Gasteiger partial charge on any atom is -0.394 e. The Kier molecular flexibility index (Phi) is 37.1. The lowest BCUT2D eigenvalue weighted by Crippen LogP contribution is -2.53. The summed E-state index contributed by atoms with van der Waals surface area (Å²) in [7, 11) is 0. The van der Waals surface area contributed by atoms with Gasteiger partial charge in [0.05, 0.1) is 18.8 Å². The number of aliphatic hydroxyl groups is 4. The summed E-state index contributed by atoms with van der Waals surface area (Å²) in [6, 6.07) is -0.979. The van der Waals surface area contributed by atoms with Crippen LogP contribution in [0.5, 0.6) is 0 Å². The van der Waals surface area contributed by atoms with Crippen LogP contribution < -0.4 is 5.32 Å². The summed E-state index contributed by atoms with van der Waals surface area (Å²) in [5.74, 6) is -0.593. The third-order valence-electron chi connectivity index (χ3n) is 9.92. The van der Waals surface area contributed by atoms with Crippen LogP contribution >= 0.6 is 0 Å². The van der Waals surface area contributed by atoms with Crippen LogP contribution in [0, 0.1) is 0 Å². The number of allylic oxidation sites excluding steroid dienone is 4. The highest BCUT2D eigenvalue weighted by molar-refractivity contribution is 5.80. The van der Waals surface area contributed by atoms with Crippen LogP contribution in [0.2, 0.25) is 0 Å². The Morgan fingerprint density at radius 1 is 0.510 bits per heavy atom. The maximum Gasteiger partial charge on any atom is 0.249 e. The van der Waals surface area contributed by atoms with Crippen LogP contribution in [-0.2, 0) is 4.79 Å². The summed E-state index contributed by atoms with van der Waals surface area (Å²) in [6.45, 7) is 3.86. The molecule has 0 rings (SSSR count). The van der Waals surface area contributed by atoms with Crippen molar-refractivity contribution in [1.29, 1.82) is 0 Å². The Bertz CT molecular complexity index is 742. The van der Waals surface area contributed by atoms with Gasteiger partial charge in [-0.2, -0.15) is 0 Å². The average Bonchev–Trinajstić information content (AvgIpc) is 3.10. The maximum atomic E-state index is 12.3. The molecule has 0 aliphatic carbocycles. The van der Waals surface area contributed by atoms with Gasteiger partial charge < -0.3 is 25.7 Å². The van der Waals surface area contributed by atoms with Gasteiger partial charge in [-0.1, -0.05) is 192 Å². The lowest BCUT2D eigenvalue weighted by atomic mass is 10.00. The highest BCUT2D eigenvalue weighted by Gasteiger charge is 2.28. The van der Waals surface area contributed by atoms with Crippen LogP contribution in [0.4, 0.5) is 0 Å². The normalized spacial score (nSPS) is 14.5. The van der Waals surface area contributed by atoms with E-state index in [1.54, 1.807) is 0 Å². The van der Waals surface area contributed by atoms with E-state index in [9.17, 15) is 25.2 Å². The molecular weight excluding hydrogens is 610 g/mol. The summed E-state index contributed by atoms with van der Waals surface area (Å²) in [6.07, 6.45) is 43.2. The summed E-state index contributed by atoms with van der Waals surface area (Å²) in [4.78, 5) is 12.3. The molecule has 0 heterocycles. The van der Waals surface area contributed by atoms with Crippen LogP contribution in [0.1, 0.15) is 213 Å². The van der Waals surface area contributed by atoms with E-state index in [2.05, 4.69) is 43.5 Å². The highest BCUT2D eigenvalue weighted by Crippen LogP contribution is 2.15. The second-order valence-corrected chi connectivity index (χ2v) is 14.7. The van der Waals surface area contributed by atoms with Crippen LogP contribution in [0.25, 0.3) is 0 Å². The van der Waals surface area contributed by atoms with Gasteiger partial charge in [0.15, 0.2) is 0 Å². The number of amides is 1. The Morgan fingerprint density at radius 3 is 1.31 bits per heavy atom. The molecule has 6 nitrogen and oxygen atoms in total. The van der Waals surface area contributed by atoms with E-state index in [0.29, 0.717) is 12.8 Å². The third-order valence-corrected chi connectivity index (χ3v) is 9.92. The van der Waals surface area contributed by atoms with E-state index in [-0.39, 0.29) is 0 Å². The molecule has 4 atom stereocenters. The number of rotatable bonds is 38. The van der Waals surface area contributed by atoms with Gasteiger partial charge in [0.1, 0.15) is 12.2 Å². The molecule has 49 heavy (non-hydrogen) atoms. The van der Waals surface area contributed by atoms with Gasteiger partial charge in [-0.15, -0.1) is 0 Å². The highest BCUT2D eigenvalue weighted by atomic mass is 16.3. The molecule has 5 N–H and O–H groups in total. The molecule has 0 fully saturated rings. The Hall–Kier alpha value is -1.21. The van der Waals surface area contributed by atoms with Gasteiger partial charge in [-0.25, -0.2) is 0 Å². The number of hydrogen-bond donors (Lipinski definition) is 5. The molecule has 0 aromatic heterocycles. The maximum absolute atomic E-state index is 12.3. The molecule has 0 radical (unpaired) electrons. The zero-order valence-electron chi connectivity index (χ0n) is 32.4. The topological polar surface area (TPSA) is 110 Å². The van der Waals surface area contributed by atoms with Crippen molar-refractivity contribution in [3.05, 3.63) is 24.3 Å². The molecular formula is C43H83NO5. The molecule has 1 amide bonds. The predicted octanol–water partition coefficient (Wildman–Crippen LogP) is 10.8. The van der Waals surface area contributed by atoms with E-state index in [1.165, 1.54) is 141 Å². The van der Waals surface area contributed by atoms with Crippen LogP contribution in [-0.4, -0.2) is 57.3 Å².